The molecule has 1 rings (SSSR count). The number of carbonyl (C=O) groups excluding carboxylic acids is 1. The van der Waals surface area contributed by atoms with Crippen molar-refractivity contribution in [3.05, 3.63) is 35.9 Å². The van der Waals surface area contributed by atoms with Crippen molar-refractivity contribution in [2.24, 2.45) is 0 Å². The Bertz CT molecular complexity index is 322. The van der Waals surface area contributed by atoms with E-state index in [1.54, 1.807) is 0 Å². The minimum Gasteiger partial charge on any atom is -0.338 e. The van der Waals surface area contributed by atoms with E-state index in [4.69, 9.17) is 0 Å². The van der Waals surface area contributed by atoms with Gasteiger partial charge in [-0.15, -0.1) is 0 Å². The molecule has 2 amide bonds. The third-order valence-electron chi connectivity index (χ3n) is 2.41. The van der Waals surface area contributed by atoms with Crippen LogP contribution in [0.1, 0.15) is 26.3 Å². The Hall–Kier alpha value is -1.51. The second kappa shape index (κ2) is 6.16. The van der Waals surface area contributed by atoms with Gasteiger partial charge in [0.1, 0.15) is 0 Å². The molecule has 0 unspecified atom stereocenters. The Morgan fingerprint density at radius 1 is 1.31 bits per heavy atom. The third-order valence-corrected chi connectivity index (χ3v) is 2.41. The zero-order valence-corrected chi connectivity index (χ0v) is 10.2. The number of rotatable bonds is 4. The predicted octanol–water partition coefficient (Wildman–Crippen LogP) is 2.63. The fourth-order valence-electron chi connectivity index (χ4n) is 1.52. The fraction of sp³-hybridized carbons (Fsp3) is 0.462. The van der Waals surface area contributed by atoms with Crippen LogP contribution in [-0.4, -0.2) is 23.5 Å². The minimum absolute atomic E-state index is 0.00125. The van der Waals surface area contributed by atoms with Crippen LogP contribution in [0.2, 0.25) is 0 Å². The van der Waals surface area contributed by atoms with E-state index < -0.39 is 0 Å². The number of amides is 2. The van der Waals surface area contributed by atoms with Crippen LogP contribution in [0.4, 0.5) is 4.79 Å². The maximum atomic E-state index is 11.8. The number of benzene rings is 1. The van der Waals surface area contributed by atoms with Gasteiger partial charge in [-0.05, 0) is 26.3 Å². The molecule has 88 valence electrons. The van der Waals surface area contributed by atoms with Gasteiger partial charge in [0.25, 0.3) is 0 Å². The molecule has 1 aromatic rings. The molecule has 1 aromatic carbocycles. The highest BCUT2D eigenvalue weighted by Gasteiger charge is 2.15. The molecule has 0 fully saturated rings. The Kier molecular flexibility index (Phi) is 4.83. The topological polar surface area (TPSA) is 32.3 Å². The Morgan fingerprint density at radius 2 is 1.94 bits per heavy atom. The standard InChI is InChI=1S/C13H20N2O/c1-4-14-13(16)15(11(2)3)10-12-8-6-5-7-9-12/h5-9,11H,4,10H2,1-3H3,(H,14,16). The quantitative estimate of drug-likeness (QED) is 0.831. The summed E-state index contributed by atoms with van der Waals surface area (Å²) in [6.45, 7) is 7.30. The first-order chi connectivity index (χ1) is 7.65. The highest BCUT2D eigenvalue weighted by Crippen LogP contribution is 2.08. The van der Waals surface area contributed by atoms with Crippen molar-refractivity contribution in [1.82, 2.24) is 10.2 Å². The smallest absolute Gasteiger partial charge is 0.317 e. The van der Waals surface area contributed by atoms with Gasteiger partial charge in [-0.3, -0.25) is 0 Å². The summed E-state index contributed by atoms with van der Waals surface area (Å²) >= 11 is 0. The van der Waals surface area contributed by atoms with Crippen molar-refractivity contribution in [2.75, 3.05) is 6.54 Å². The summed E-state index contributed by atoms with van der Waals surface area (Å²) in [5.74, 6) is 0. The van der Waals surface area contributed by atoms with Gasteiger partial charge in [0.05, 0.1) is 0 Å². The first-order valence-electron chi connectivity index (χ1n) is 5.73. The number of nitrogens with one attached hydrogen (secondary N) is 1. The Morgan fingerprint density at radius 3 is 2.44 bits per heavy atom. The second-order valence-corrected chi connectivity index (χ2v) is 4.04. The Labute approximate surface area is 97.5 Å². The van der Waals surface area contributed by atoms with Gasteiger partial charge in [-0.2, -0.15) is 0 Å². The minimum atomic E-state index is 0.00125. The molecule has 1 N–H and O–H groups in total. The summed E-state index contributed by atoms with van der Waals surface area (Å²) in [6, 6.07) is 10.2. The molecule has 0 atom stereocenters. The number of urea groups is 1. The molecule has 0 saturated carbocycles. The van der Waals surface area contributed by atoms with E-state index in [0.29, 0.717) is 13.1 Å². The summed E-state index contributed by atoms with van der Waals surface area (Å²) in [6.07, 6.45) is 0. The van der Waals surface area contributed by atoms with E-state index in [9.17, 15) is 4.79 Å². The predicted molar refractivity (Wildman–Crippen MR) is 66.2 cm³/mol. The molecule has 3 heteroatoms. The van der Waals surface area contributed by atoms with Crippen LogP contribution in [0.25, 0.3) is 0 Å². The summed E-state index contributed by atoms with van der Waals surface area (Å²) < 4.78 is 0. The highest BCUT2D eigenvalue weighted by atomic mass is 16.2. The lowest BCUT2D eigenvalue weighted by Gasteiger charge is -2.26. The first kappa shape index (κ1) is 12.6. The van der Waals surface area contributed by atoms with E-state index in [-0.39, 0.29) is 12.1 Å². The lowest BCUT2D eigenvalue weighted by molar-refractivity contribution is 0.180. The zero-order chi connectivity index (χ0) is 12.0. The molecule has 0 saturated heterocycles. The molecule has 0 radical (unpaired) electrons. The molecule has 0 spiro atoms. The maximum Gasteiger partial charge on any atom is 0.317 e. The van der Waals surface area contributed by atoms with E-state index in [1.807, 2.05) is 56.0 Å². The summed E-state index contributed by atoms with van der Waals surface area (Å²) in [4.78, 5) is 13.6. The highest BCUT2D eigenvalue weighted by molar-refractivity contribution is 5.74. The fourth-order valence-corrected chi connectivity index (χ4v) is 1.52. The number of carbonyl (C=O) groups is 1. The molecule has 3 nitrogen and oxygen atoms in total. The van der Waals surface area contributed by atoms with Crippen LogP contribution in [0.15, 0.2) is 30.3 Å². The molecular formula is C13H20N2O. The van der Waals surface area contributed by atoms with Gasteiger partial charge in [-0.25, -0.2) is 4.79 Å². The largest absolute Gasteiger partial charge is 0.338 e. The van der Waals surface area contributed by atoms with E-state index >= 15 is 0 Å². The third kappa shape index (κ3) is 3.57. The Balaban J connectivity index is 2.69. The van der Waals surface area contributed by atoms with Crippen molar-refractivity contribution in [3.63, 3.8) is 0 Å². The van der Waals surface area contributed by atoms with Gasteiger partial charge in [0, 0.05) is 19.1 Å². The van der Waals surface area contributed by atoms with Crippen LogP contribution in [0.5, 0.6) is 0 Å². The van der Waals surface area contributed by atoms with Gasteiger partial charge >= 0.3 is 6.03 Å². The molecule has 0 heterocycles. The second-order valence-electron chi connectivity index (χ2n) is 4.04. The van der Waals surface area contributed by atoms with Crippen molar-refractivity contribution >= 4 is 6.03 Å². The molecule has 0 aliphatic rings. The van der Waals surface area contributed by atoms with Gasteiger partial charge in [0.15, 0.2) is 0 Å². The van der Waals surface area contributed by atoms with E-state index in [1.165, 1.54) is 0 Å². The summed E-state index contributed by atoms with van der Waals surface area (Å²) in [7, 11) is 0. The van der Waals surface area contributed by atoms with Crippen molar-refractivity contribution in [2.45, 2.75) is 33.4 Å². The molecule has 0 bridgehead atoms. The van der Waals surface area contributed by atoms with Crippen LogP contribution in [0.3, 0.4) is 0 Å². The van der Waals surface area contributed by atoms with Crippen LogP contribution < -0.4 is 5.32 Å². The van der Waals surface area contributed by atoms with Gasteiger partial charge in [-0.1, -0.05) is 30.3 Å². The molecule has 16 heavy (non-hydrogen) atoms. The molecule has 0 aliphatic heterocycles. The number of nitrogens with zero attached hydrogens (tertiary/aromatic N) is 1. The average molecular weight is 220 g/mol. The van der Waals surface area contributed by atoms with Crippen LogP contribution >= 0.6 is 0 Å². The normalized spacial score (nSPS) is 10.2. The average Bonchev–Trinajstić information content (AvgIpc) is 2.27. The van der Waals surface area contributed by atoms with Crippen LogP contribution in [0, 0.1) is 0 Å². The van der Waals surface area contributed by atoms with Gasteiger partial charge in [0.2, 0.25) is 0 Å². The van der Waals surface area contributed by atoms with Crippen molar-refractivity contribution in [3.8, 4) is 0 Å². The van der Waals surface area contributed by atoms with Crippen molar-refractivity contribution < 1.29 is 4.79 Å². The van der Waals surface area contributed by atoms with Gasteiger partial charge < -0.3 is 10.2 Å². The SMILES string of the molecule is CCNC(=O)N(Cc1ccccc1)C(C)C. The van der Waals surface area contributed by atoms with E-state index in [0.717, 1.165) is 5.56 Å². The molecule has 0 aromatic heterocycles. The summed E-state index contributed by atoms with van der Waals surface area (Å²) in [5.41, 5.74) is 1.16. The lowest BCUT2D eigenvalue weighted by Crippen LogP contribution is -2.43. The molecular weight excluding hydrogens is 200 g/mol. The monoisotopic (exact) mass is 220 g/mol. The lowest BCUT2D eigenvalue weighted by atomic mass is 10.2. The number of hydrogen-bond acceptors (Lipinski definition) is 1. The zero-order valence-electron chi connectivity index (χ0n) is 10.2. The van der Waals surface area contributed by atoms with E-state index in [2.05, 4.69) is 5.32 Å². The maximum absolute atomic E-state index is 11.8. The van der Waals surface area contributed by atoms with Crippen molar-refractivity contribution in [1.29, 1.82) is 0 Å². The number of hydrogen-bond donors (Lipinski definition) is 1. The summed E-state index contributed by atoms with van der Waals surface area (Å²) in [5, 5.41) is 2.83. The molecule has 0 aliphatic carbocycles. The van der Waals surface area contributed by atoms with Crippen LogP contribution in [-0.2, 0) is 6.54 Å². The first-order valence-corrected chi connectivity index (χ1v) is 5.73.